The predicted molar refractivity (Wildman–Crippen MR) is 76.4 cm³/mol. The molecule has 0 aliphatic heterocycles. The third-order valence-electron chi connectivity index (χ3n) is 2.59. The highest BCUT2D eigenvalue weighted by Crippen LogP contribution is 2.23. The summed E-state index contributed by atoms with van der Waals surface area (Å²) < 4.78 is 5.36. The topological polar surface area (TPSA) is 78.6 Å². The van der Waals surface area contributed by atoms with Crippen molar-refractivity contribution in [3.05, 3.63) is 29.5 Å². The number of nitrogens with one attached hydrogen (secondary N) is 1. The van der Waals surface area contributed by atoms with Gasteiger partial charge < -0.3 is 19.7 Å². The predicted octanol–water partition coefficient (Wildman–Crippen LogP) is 1.93. The Morgan fingerprint density at radius 2 is 2.45 bits per heavy atom. The number of likely N-dealkylation sites (N-methyl/N-ethyl adjacent to an activating group) is 1. The Labute approximate surface area is 121 Å². The van der Waals surface area contributed by atoms with Crippen molar-refractivity contribution in [3.8, 4) is 10.8 Å². The van der Waals surface area contributed by atoms with Crippen LogP contribution in [0.1, 0.15) is 12.6 Å². The number of thiophene rings is 1. The molecule has 2 aromatic rings. The molecule has 20 heavy (non-hydrogen) atoms. The summed E-state index contributed by atoms with van der Waals surface area (Å²) in [4.78, 5) is 18.4. The lowest BCUT2D eigenvalue weighted by Gasteiger charge is -2.18. The molecule has 108 valence electrons. The molecule has 1 atom stereocenters. The molecule has 0 radical (unpaired) electrons. The van der Waals surface area contributed by atoms with Crippen LogP contribution in [-0.4, -0.2) is 40.7 Å². The fourth-order valence-corrected chi connectivity index (χ4v) is 2.34. The molecule has 1 unspecified atom stereocenters. The Balaban J connectivity index is 1.87. The normalized spacial score (nSPS) is 12.2. The fourth-order valence-electron chi connectivity index (χ4n) is 1.68. The van der Waals surface area contributed by atoms with Gasteiger partial charge in [0.2, 0.25) is 5.89 Å². The quantitative estimate of drug-likeness (QED) is 0.883. The highest BCUT2D eigenvalue weighted by molar-refractivity contribution is 7.13. The van der Waals surface area contributed by atoms with E-state index in [9.17, 15) is 9.90 Å². The highest BCUT2D eigenvalue weighted by atomic mass is 32.1. The van der Waals surface area contributed by atoms with Crippen molar-refractivity contribution in [2.45, 2.75) is 19.6 Å². The van der Waals surface area contributed by atoms with Gasteiger partial charge in [-0.25, -0.2) is 9.78 Å². The van der Waals surface area contributed by atoms with Gasteiger partial charge in [0.05, 0.1) is 23.2 Å². The smallest absolute Gasteiger partial charge is 0.317 e. The van der Waals surface area contributed by atoms with Crippen molar-refractivity contribution < 1.29 is 14.3 Å². The first-order valence-electron chi connectivity index (χ1n) is 6.21. The number of aromatic nitrogens is 1. The molecule has 0 saturated carbocycles. The van der Waals surface area contributed by atoms with Crippen LogP contribution in [0.3, 0.4) is 0 Å². The highest BCUT2D eigenvalue weighted by Gasteiger charge is 2.12. The van der Waals surface area contributed by atoms with Gasteiger partial charge in [0.25, 0.3) is 0 Å². The summed E-state index contributed by atoms with van der Waals surface area (Å²) in [6.45, 7) is 2.21. The maximum atomic E-state index is 11.7. The van der Waals surface area contributed by atoms with Crippen LogP contribution < -0.4 is 5.32 Å². The van der Waals surface area contributed by atoms with Crippen molar-refractivity contribution in [2.75, 3.05) is 13.6 Å². The van der Waals surface area contributed by atoms with E-state index in [0.717, 1.165) is 4.88 Å². The Hall–Kier alpha value is -1.86. The standard InChI is InChI=1S/C13H17N3O3S/c1-9(17)7-16(2)13(18)14-6-10-8-19-12(15-10)11-4-3-5-20-11/h3-5,8-9,17H,6-7H2,1-2H3,(H,14,18). The number of hydrogen-bond acceptors (Lipinski definition) is 5. The molecule has 0 aromatic carbocycles. The molecule has 2 amide bonds. The van der Waals surface area contributed by atoms with Crippen molar-refractivity contribution in [1.29, 1.82) is 0 Å². The lowest BCUT2D eigenvalue weighted by atomic mass is 10.4. The lowest BCUT2D eigenvalue weighted by Crippen LogP contribution is -2.40. The van der Waals surface area contributed by atoms with Crippen LogP contribution in [0.2, 0.25) is 0 Å². The largest absolute Gasteiger partial charge is 0.443 e. The average molecular weight is 295 g/mol. The van der Waals surface area contributed by atoms with E-state index < -0.39 is 6.10 Å². The Morgan fingerprint density at radius 3 is 3.10 bits per heavy atom. The zero-order valence-corrected chi connectivity index (χ0v) is 12.2. The van der Waals surface area contributed by atoms with E-state index in [1.807, 2.05) is 17.5 Å². The number of carbonyl (C=O) groups excluding carboxylic acids is 1. The Morgan fingerprint density at radius 1 is 1.65 bits per heavy atom. The van der Waals surface area contributed by atoms with Crippen LogP contribution >= 0.6 is 11.3 Å². The van der Waals surface area contributed by atoms with Gasteiger partial charge in [0, 0.05) is 13.6 Å². The number of urea groups is 1. The molecular formula is C13H17N3O3S. The maximum absolute atomic E-state index is 11.7. The second-order valence-corrected chi connectivity index (χ2v) is 5.46. The molecular weight excluding hydrogens is 278 g/mol. The van der Waals surface area contributed by atoms with Crippen LogP contribution in [0.5, 0.6) is 0 Å². The van der Waals surface area contributed by atoms with Crippen LogP contribution in [0.4, 0.5) is 4.79 Å². The van der Waals surface area contributed by atoms with Gasteiger partial charge in [-0.05, 0) is 18.4 Å². The molecule has 2 aromatic heterocycles. The maximum Gasteiger partial charge on any atom is 0.317 e. The summed E-state index contributed by atoms with van der Waals surface area (Å²) in [6, 6.07) is 3.60. The summed E-state index contributed by atoms with van der Waals surface area (Å²) in [5.41, 5.74) is 0.659. The number of rotatable bonds is 5. The number of nitrogens with zero attached hydrogens (tertiary/aromatic N) is 2. The van der Waals surface area contributed by atoms with Gasteiger partial charge in [-0.2, -0.15) is 0 Å². The van der Waals surface area contributed by atoms with Gasteiger partial charge >= 0.3 is 6.03 Å². The molecule has 2 N–H and O–H groups in total. The molecule has 6 nitrogen and oxygen atoms in total. The van der Waals surface area contributed by atoms with Crippen LogP contribution in [0.25, 0.3) is 10.8 Å². The Bertz CT molecular complexity index is 551. The van der Waals surface area contributed by atoms with Gasteiger partial charge in [-0.1, -0.05) is 6.07 Å². The number of aliphatic hydroxyl groups is 1. The third kappa shape index (κ3) is 3.82. The number of aliphatic hydroxyl groups excluding tert-OH is 1. The van der Waals surface area contributed by atoms with Crippen LogP contribution in [0, 0.1) is 0 Å². The molecule has 0 spiro atoms. The van der Waals surface area contributed by atoms with Gasteiger partial charge in [-0.3, -0.25) is 0 Å². The second kappa shape index (κ2) is 6.53. The monoisotopic (exact) mass is 295 g/mol. The zero-order valence-electron chi connectivity index (χ0n) is 11.4. The van der Waals surface area contributed by atoms with Crippen molar-refractivity contribution >= 4 is 17.4 Å². The van der Waals surface area contributed by atoms with Crippen molar-refractivity contribution in [3.63, 3.8) is 0 Å². The molecule has 7 heteroatoms. The van der Waals surface area contributed by atoms with E-state index in [-0.39, 0.29) is 19.1 Å². The molecule has 0 saturated heterocycles. The summed E-state index contributed by atoms with van der Waals surface area (Å²) >= 11 is 1.55. The molecule has 2 rings (SSSR count). The fraction of sp³-hybridized carbons (Fsp3) is 0.385. The minimum absolute atomic E-state index is 0.258. The average Bonchev–Trinajstić information content (AvgIpc) is 3.05. The molecule has 0 fully saturated rings. The van der Waals surface area contributed by atoms with Crippen LogP contribution in [0.15, 0.2) is 28.2 Å². The summed E-state index contributed by atoms with van der Waals surface area (Å²) in [6.07, 6.45) is 0.979. The minimum atomic E-state index is -0.553. The first kappa shape index (κ1) is 14.5. The number of carbonyl (C=O) groups is 1. The molecule has 0 aliphatic carbocycles. The molecule has 2 heterocycles. The summed E-state index contributed by atoms with van der Waals surface area (Å²) in [5, 5.41) is 13.9. The molecule has 0 aliphatic rings. The summed E-state index contributed by atoms with van der Waals surface area (Å²) in [5.74, 6) is 0.557. The van der Waals surface area contributed by atoms with E-state index in [1.54, 1.807) is 25.3 Å². The number of oxazole rings is 1. The van der Waals surface area contributed by atoms with Crippen LogP contribution in [-0.2, 0) is 6.54 Å². The second-order valence-electron chi connectivity index (χ2n) is 4.51. The van der Waals surface area contributed by atoms with Crippen molar-refractivity contribution in [1.82, 2.24) is 15.2 Å². The third-order valence-corrected chi connectivity index (χ3v) is 3.45. The van der Waals surface area contributed by atoms with E-state index in [2.05, 4.69) is 10.3 Å². The SMILES string of the molecule is CC(O)CN(C)C(=O)NCc1coc(-c2cccs2)n1. The van der Waals surface area contributed by atoms with E-state index in [0.29, 0.717) is 11.6 Å². The first-order chi connectivity index (χ1) is 9.56. The lowest BCUT2D eigenvalue weighted by molar-refractivity contribution is 0.143. The minimum Gasteiger partial charge on any atom is -0.443 e. The molecule has 0 bridgehead atoms. The number of hydrogen-bond donors (Lipinski definition) is 2. The summed E-state index contributed by atoms with van der Waals surface area (Å²) in [7, 11) is 1.63. The van der Waals surface area contributed by atoms with E-state index >= 15 is 0 Å². The first-order valence-corrected chi connectivity index (χ1v) is 7.09. The van der Waals surface area contributed by atoms with Crippen molar-refractivity contribution in [2.24, 2.45) is 0 Å². The van der Waals surface area contributed by atoms with Gasteiger partial charge in [-0.15, -0.1) is 11.3 Å². The van der Waals surface area contributed by atoms with Gasteiger partial charge in [0.15, 0.2) is 0 Å². The number of amides is 2. The Kier molecular flexibility index (Phi) is 4.75. The van der Waals surface area contributed by atoms with E-state index in [1.165, 1.54) is 11.2 Å². The zero-order chi connectivity index (χ0) is 14.5. The van der Waals surface area contributed by atoms with Gasteiger partial charge in [0.1, 0.15) is 6.26 Å². The van der Waals surface area contributed by atoms with E-state index in [4.69, 9.17) is 4.42 Å².